The van der Waals surface area contributed by atoms with Crippen LogP contribution in [0.2, 0.25) is 0 Å². The van der Waals surface area contributed by atoms with Crippen molar-refractivity contribution in [1.82, 2.24) is 9.80 Å². The van der Waals surface area contributed by atoms with Gasteiger partial charge in [0.25, 0.3) is 0 Å². The second kappa shape index (κ2) is 6.48. The lowest BCUT2D eigenvalue weighted by molar-refractivity contribution is 0.0110. The Morgan fingerprint density at radius 2 is 1.67 bits per heavy atom. The van der Waals surface area contributed by atoms with Crippen molar-refractivity contribution < 1.29 is 9.53 Å². The number of nitrogens with zero attached hydrogens (tertiary/aromatic N) is 2. The maximum absolute atomic E-state index is 12.0. The summed E-state index contributed by atoms with van der Waals surface area (Å²) in [7, 11) is 0. The standard InChI is InChI=1S/C17H26N2O2/c1-14(15-8-6-5-7-9-15)18-10-12-19(13-11-18)16(20)21-17(2,3)4/h5-9,14H,10-13H2,1-4H3/t14-/m0/s1. The third kappa shape index (κ3) is 4.46. The molecule has 1 atom stereocenters. The van der Waals surface area contributed by atoms with E-state index in [9.17, 15) is 4.79 Å². The largest absolute Gasteiger partial charge is 0.444 e. The average Bonchev–Trinajstić information content (AvgIpc) is 2.46. The van der Waals surface area contributed by atoms with E-state index in [4.69, 9.17) is 4.74 Å². The van der Waals surface area contributed by atoms with Crippen LogP contribution in [0.15, 0.2) is 30.3 Å². The summed E-state index contributed by atoms with van der Waals surface area (Å²) >= 11 is 0. The van der Waals surface area contributed by atoms with Crippen molar-refractivity contribution in [2.24, 2.45) is 0 Å². The van der Waals surface area contributed by atoms with E-state index < -0.39 is 5.60 Å². The van der Waals surface area contributed by atoms with Gasteiger partial charge in [0.2, 0.25) is 0 Å². The topological polar surface area (TPSA) is 32.8 Å². The van der Waals surface area contributed by atoms with E-state index in [-0.39, 0.29) is 6.09 Å². The molecule has 1 heterocycles. The van der Waals surface area contributed by atoms with Crippen LogP contribution >= 0.6 is 0 Å². The first kappa shape index (κ1) is 15.8. The SMILES string of the molecule is C[C@@H](c1ccccc1)N1CCN(C(=O)OC(C)(C)C)CC1. The molecule has 0 bridgehead atoms. The Bertz CT molecular complexity index is 459. The van der Waals surface area contributed by atoms with E-state index >= 15 is 0 Å². The van der Waals surface area contributed by atoms with Gasteiger partial charge in [-0.05, 0) is 33.3 Å². The van der Waals surface area contributed by atoms with Gasteiger partial charge in [-0.15, -0.1) is 0 Å². The first-order valence-corrected chi connectivity index (χ1v) is 7.64. The summed E-state index contributed by atoms with van der Waals surface area (Å²) in [5.41, 5.74) is 0.897. The number of benzene rings is 1. The van der Waals surface area contributed by atoms with Crippen molar-refractivity contribution in [3.63, 3.8) is 0 Å². The molecule has 0 aliphatic carbocycles. The Morgan fingerprint density at radius 1 is 1.10 bits per heavy atom. The molecule has 1 saturated heterocycles. The molecule has 1 amide bonds. The summed E-state index contributed by atoms with van der Waals surface area (Å²) in [6.45, 7) is 11.1. The summed E-state index contributed by atoms with van der Waals surface area (Å²) in [5, 5.41) is 0. The fourth-order valence-corrected chi connectivity index (χ4v) is 2.56. The molecule has 1 aliphatic rings. The number of rotatable bonds is 2. The minimum Gasteiger partial charge on any atom is -0.444 e. The summed E-state index contributed by atoms with van der Waals surface area (Å²) in [6, 6.07) is 10.9. The average molecular weight is 290 g/mol. The third-order valence-electron chi connectivity index (χ3n) is 3.80. The lowest BCUT2D eigenvalue weighted by Gasteiger charge is -2.38. The number of carbonyl (C=O) groups is 1. The fraction of sp³-hybridized carbons (Fsp3) is 0.588. The number of amides is 1. The highest BCUT2D eigenvalue weighted by atomic mass is 16.6. The summed E-state index contributed by atoms with van der Waals surface area (Å²) in [6.07, 6.45) is -0.200. The summed E-state index contributed by atoms with van der Waals surface area (Å²) in [5.74, 6) is 0. The highest BCUT2D eigenvalue weighted by molar-refractivity contribution is 5.68. The van der Waals surface area contributed by atoms with E-state index in [2.05, 4.69) is 36.1 Å². The number of piperazine rings is 1. The van der Waals surface area contributed by atoms with Crippen LogP contribution in [0.4, 0.5) is 4.79 Å². The van der Waals surface area contributed by atoms with Crippen LogP contribution in [0.25, 0.3) is 0 Å². The minimum atomic E-state index is -0.425. The molecule has 0 aromatic heterocycles. The Labute approximate surface area is 127 Å². The van der Waals surface area contributed by atoms with Gasteiger partial charge in [0.15, 0.2) is 0 Å². The van der Waals surface area contributed by atoms with E-state index in [0.717, 1.165) is 26.2 Å². The molecule has 1 aromatic carbocycles. The third-order valence-corrected chi connectivity index (χ3v) is 3.80. The summed E-state index contributed by atoms with van der Waals surface area (Å²) < 4.78 is 5.43. The van der Waals surface area contributed by atoms with Crippen LogP contribution in [0, 0.1) is 0 Å². The molecule has 116 valence electrons. The van der Waals surface area contributed by atoms with Crippen molar-refractivity contribution in [1.29, 1.82) is 0 Å². The van der Waals surface area contributed by atoms with E-state index in [1.807, 2.05) is 26.8 Å². The molecule has 0 spiro atoms. The van der Waals surface area contributed by atoms with Crippen LogP contribution in [-0.2, 0) is 4.74 Å². The van der Waals surface area contributed by atoms with Crippen LogP contribution in [0.1, 0.15) is 39.3 Å². The lowest BCUT2D eigenvalue weighted by atomic mass is 10.1. The zero-order valence-electron chi connectivity index (χ0n) is 13.5. The molecule has 21 heavy (non-hydrogen) atoms. The van der Waals surface area contributed by atoms with Crippen molar-refractivity contribution in [3.8, 4) is 0 Å². The molecule has 0 radical (unpaired) electrons. The number of hydrogen-bond acceptors (Lipinski definition) is 3. The number of ether oxygens (including phenoxy) is 1. The van der Waals surface area contributed by atoms with Crippen LogP contribution < -0.4 is 0 Å². The number of carbonyl (C=O) groups excluding carboxylic acids is 1. The fourth-order valence-electron chi connectivity index (χ4n) is 2.56. The van der Waals surface area contributed by atoms with Gasteiger partial charge < -0.3 is 9.64 Å². The van der Waals surface area contributed by atoms with E-state index in [0.29, 0.717) is 6.04 Å². The maximum Gasteiger partial charge on any atom is 0.410 e. The summed E-state index contributed by atoms with van der Waals surface area (Å²) in [4.78, 5) is 16.3. The molecule has 0 unspecified atom stereocenters. The Morgan fingerprint density at radius 3 is 2.19 bits per heavy atom. The molecule has 1 aromatic rings. The van der Waals surface area contributed by atoms with E-state index in [1.54, 1.807) is 4.90 Å². The Kier molecular flexibility index (Phi) is 4.88. The molecule has 2 rings (SSSR count). The predicted molar refractivity (Wildman–Crippen MR) is 84.2 cm³/mol. The van der Waals surface area contributed by atoms with Crippen molar-refractivity contribution in [2.45, 2.75) is 39.3 Å². The smallest absolute Gasteiger partial charge is 0.410 e. The molecule has 4 nitrogen and oxygen atoms in total. The van der Waals surface area contributed by atoms with Crippen molar-refractivity contribution >= 4 is 6.09 Å². The first-order chi connectivity index (χ1) is 9.87. The van der Waals surface area contributed by atoms with Gasteiger partial charge in [0, 0.05) is 32.2 Å². The highest BCUT2D eigenvalue weighted by Gasteiger charge is 2.27. The predicted octanol–water partition coefficient (Wildman–Crippen LogP) is 3.30. The molecular formula is C17H26N2O2. The van der Waals surface area contributed by atoms with Crippen LogP contribution in [0.5, 0.6) is 0 Å². The highest BCUT2D eigenvalue weighted by Crippen LogP contribution is 2.21. The maximum atomic E-state index is 12.0. The van der Waals surface area contributed by atoms with Crippen LogP contribution in [0.3, 0.4) is 0 Å². The molecule has 0 N–H and O–H groups in total. The Hall–Kier alpha value is -1.55. The second-order valence-electron chi connectivity index (χ2n) is 6.59. The van der Waals surface area contributed by atoms with Crippen molar-refractivity contribution in [3.05, 3.63) is 35.9 Å². The quantitative estimate of drug-likeness (QED) is 0.838. The zero-order chi connectivity index (χ0) is 15.5. The normalized spacial score (nSPS) is 18.4. The lowest BCUT2D eigenvalue weighted by Crippen LogP contribution is -2.50. The van der Waals surface area contributed by atoms with Gasteiger partial charge in [0.1, 0.15) is 5.60 Å². The van der Waals surface area contributed by atoms with Gasteiger partial charge in [-0.1, -0.05) is 30.3 Å². The van der Waals surface area contributed by atoms with Crippen molar-refractivity contribution in [2.75, 3.05) is 26.2 Å². The zero-order valence-corrected chi connectivity index (χ0v) is 13.5. The van der Waals surface area contributed by atoms with E-state index in [1.165, 1.54) is 5.56 Å². The second-order valence-corrected chi connectivity index (χ2v) is 6.59. The van der Waals surface area contributed by atoms with Gasteiger partial charge in [0.05, 0.1) is 0 Å². The minimum absolute atomic E-state index is 0.200. The van der Waals surface area contributed by atoms with Gasteiger partial charge in [-0.25, -0.2) is 4.79 Å². The Balaban J connectivity index is 1.87. The molecule has 4 heteroatoms. The molecule has 0 saturated carbocycles. The molecule has 1 aliphatic heterocycles. The molecule has 1 fully saturated rings. The van der Waals surface area contributed by atoms with Gasteiger partial charge in [-0.3, -0.25) is 4.90 Å². The monoisotopic (exact) mass is 290 g/mol. The van der Waals surface area contributed by atoms with Gasteiger partial charge in [-0.2, -0.15) is 0 Å². The first-order valence-electron chi connectivity index (χ1n) is 7.64. The van der Waals surface area contributed by atoms with Crippen LogP contribution in [-0.4, -0.2) is 47.7 Å². The van der Waals surface area contributed by atoms with Gasteiger partial charge >= 0.3 is 6.09 Å². The molecular weight excluding hydrogens is 264 g/mol. The number of hydrogen-bond donors (Lipinski definition) is 0.